The maximum atomic E-state index is 11.6. The number of esters is 1. The molecule has 0 bridgehead atoms. The summed E-state index contributed by atoms with van der Waals surface area (Å²) in [6, 6.07) is 5.66. The largest absolute Gasteiger partial charge is 0.484 e. The van der Waals surface area contributed by atoms with Gasteiger partial charge in [-0.05, 0) is 24.1 Å². The summed E-state index contributed by atoms with van der Waals surface area (Å²) in [6.45, 7) is 4.03. The van der Waals surface area contributed by atoms with Crippen molar-refractivity contribution in [3.63, 3.8) is 0 Å². The van der Waals surface area contributed by atoms with Crippen molar-refractivity contribution in [1.82, 2.24) is 10.6 Å². The molecule has 0 aromatic heterocycles. The van der Waals surface area contributed by atoms with Crippen LogP contribution in [0.25, 0.3) is 0 Å². The molecule has 0 radical (unpaired) electrons. The van der Waals surface area contributed by atoms with E-state index in [1.807, 2.05) is 13.8 Å². The van der Waals surface area contributed by atoms with Crippen LogP contribution < -0.4 is 15.4 Å². The van der Waals surface area contributed by atoms with Gasteiger partial charge in [0.15, 0.2) is 6.61 Å². The first-order valence-corrected chi connectivity index (χ1v) is 6.81. The zero-order chi connectivity index (χ0) is 16.5. The summed E-state index contributed by atoms with van der Waals surface area (Å²) in [7, 11) is 1.28. The fourth-order valence-corrected chi connectivity index (χ4v) is 1.48. The number of urea groups is 1. The lowest BCUT2D eigenvalue weighted by Crippen LogP contribution is -2.42. The molecule has 2 N–H and O–H groups in total. The molecule has 0 spiro atoms. The number of amides is 3. The minimum absolute atomic E-state index is 0.290. The van der Waals surface area contributed by atoms with Crippen molar-refractivity contribution < 1.29 is 23.9 Å². The molecule has 7 nitrogen and oxygen atoms in total. The van der Waals surface area contributed by atoms with Crippen LogP contribution in [0.15, 0.2) is 24.3 Å². The van der Waals surface area contributed by atoms with Crippen LogP contribution in [0.4, 0.5) is 4.79 Å². The first-order chi connectivity index (χ1) is 10.4. The normalized spacial score (nSPS) is 10.0. The highest BCUT2D eigenvalue weighted by molar-refractivity contribution is 5.95. The summed E-state index contributed by atoms with van der Waals surface area (Å²) in [5, 5.41) is 4.70. The van der Waals surface area contributed by atoms with E-state index in [0.29, 0.717) is 17.9 Å². The second-order valence-electron chi connectivity index (χ2n) is 4.96. The Morgan fingerprint density at radius 2 is 1.95 bits per heavy atom. The number of ether oxygens (including phenoxy) is 2. The fraction of sp³-hybridized carbons (Fsp3) is 0.400. The SMILES string of the molecule is COC(=O)c1cccc(OCC(=O)NC(=O)NCC(C)C)c1. The molecule has 0 saturated heterocycles. The molecular formula is C15H20N2O5. The molecule has 1 aromatic carbocycles. The first-order valence-electron chi connectivity index (χ1n) is 6.81. The second kappa shape index (κ2) is 8.66. The molecule has 0 fully saturated rings. The van der Waals surface area contributed by atoms with E-state index in [-0.39, 0.29) is 12.5 Å². The summed E-state index contributed by atoms with van der Waals surface area (Å²) in [6.07, 6.45) is 0. The van der Waals surface area contributed by atoms with Gasteiger partial charge < -0.3 is 14.8 Å². The van der Waals surface area contributed by atoms with Crippen LogP contribution in [-0.4, -0.2) is 38.2 Å². The first kappa shape index (κ1) is 17.5. The number of benzene rings is 1. The Bertz CT molecular complexity index is 542. The minimum atomic E-state index is -0.579. The maximum absolute atomic E-state index is 11.6. The Hall–Kier alpha value is -2.57. The van der Waals surface area contributed by atoms with Crippen LogP contribution in [-0.2, 0) is 9.53 Å². The molecule has 7 heteroatoms. The number of carbonyl (C=O) groups is 3. The molecule has 0 aliphatic rings. The van der Waals surface area contributed by atoms with Gasteiger partial charge in [0.25, 0.3) is 5.91 Å². The maximum Gasteiger partial charge on any atom is 0.337 e. The van der Waals surface area contributed by atoms with Crippen LogP contribution in [0.2, 0.25) is 0 Å². The monoisotopic (exact) mass is 308 g/mol. The molecule has 0 atom stereocenters. The van der Waals surface area contributed by atoms with Crippen LogP contribution >= 0.6 is 0 Å². The lowest BCUT2D eigenvalue weighted by Gasteiger charge is -2.09. The van der Waals surface area contributed by atoms with E-state index >= 15 is 0 Å². The Morgan fingerprint density at radius 1 is 1.23 bits per heavy atom. The third kappa shape index (κ3) is 6.25. The third-order valence-electron chi connectivity index (χ3n) is 2.55. The Morgan fingerprint density at radius 3 is 2.59 bits per heavy atom. The highest BCUT2D eigenvalue weighted by Crippen LogP contribution is 2.13. The average Bonchev–Trinajstić information content (AvgIpc) is 2.50. The van der Waals surface area contributed by atoms with E-state index in [9.17, 15) is 14.4 Å². The van der Waals surface area contributed by atoms with E-state index in [0.717, 1.165) is 0 Å². The van der Waals surface area contributed by atoms with E-state index in [2.05, 4.69) is 15.4 Å². The summed E-state index contributed by atoms with van der Waals surface area (Å²) in [5.41, 5.74) is 0.315. The number of rotatable bonds is 6. The highest BCUT2D eigenvalue weighted by atomic mass is 16.5. The number of methoxy groups -OCH3 is 1. The van der Waals surface area contributed by atoms with Crippen molar-refractivity contribution in [2.24, 2.45) is 5.92 Å². The highest BCUT2D eigenvalue weighted by Gasteiger charge is 2.10. The van der Waals surface area contributed by atoms with E-state index < -0.39 is 17.9 Å². The zero-order valence-electron chi connectivity index (χ0n) is 12.8. The smallest absolute Gasteiger partial charge is 0.337 e. The minimum Gasteiger partial charge on any atom is -0.484 e. The number of imide groups is 1. The molecule has 1 rings (SSSR count). The molecule has 3 amide bonds. The van der Waals surface area contributed by atoms with Gasteiger partial charge in [-0.25, -0.2) is 9.59 Å². The summed E-state index contributed by atoms with van der Waals surface area (Å²) < 4.78 is 9.82. The summed E-state index contributed by atoms with van der Waals surface area (Å²) in [5.74, 6) is -0.452. The van der Waals surface area contributed by atoms with Crippen molar-refractivity contribution in [2.45, 2.75) is 13.8 Å². The molecule has 1 aromatic rings. The lowest BCUT2D eigenvalue weighted by molar-refractivity contribution is -0.122. The van der Waals surface area contributed by atoms with Crippen molar-refractivity contribution in [3.8, 4) is 5.75 Å². The second-order valence-corrected chi connectivity index (χ2v) is 4.96. The molecule has 22 heavy (non-hydrogen) atoms. The molecule has 0 aliphatic heterocycles. The van der Waals surface area contributed by atoms with Gasteiger partial charge in [0.1, 0.15) is 5.75 Å². The van der Waals surface area contributed by atoms with Crippen LogP contribution in [0, 0.1) is 5.92 Å². The number of hydrogen-bond acceptors (Lipinski definition) is 5. The topological polar surface area (TPSA) is 93.7 Å². The molecule has 0 unspecified atom stereocenters. The van der Waals surface area contributed by atoms with Gasteiger partial charge in [-0.2, -0.15) is 0 Å². The predicted octanol–water partition coefficient (Wildman–Crippen LogP) is 1.33. The standard InChI is InChI=1S/C15H20N2O5/c1-10(2)8-16-15(20)17-13(18)9-22-12-6-4-5-11(7-12)14(19)21-3/h4-7,10H,8-9H2,1-3H3,(H2,16,17,18,20). The molecule has 0 aliphatic carbocycles. The van der Waals surface area contributed by atoms with Gasteiger partial charge in [0.2, 0.25) is 0 Å². The van der Waals surface area contributed by atoms with Gasteiger partial charge in [-0.3, -0.25) is 10.1 Å². The summed E-state index contributed by atoms with van der Waals surface area (Å²) in [4.78, 5) is 34.3. The Kier molecular flexibility index (Phi) is 6.88. The van der Waals surface area contributed by atoms with Crippen molar-refractivity contribution in [2.75, 3.05) is 20.3 Å². The quantitative estimate of drug-likeness (QED) is 0.773. The van der Waals surface area contributed by atoms with Crippen LogP contribution in [0.3, 0.4) is 0 Å². The van der Waals surface area contributed by atoms with E-state index in [1.54, 1.807) is 18.2 Å². The predicted molar refractivity (Wildman–Crippen MR) is 79.7 cm³/mol. The van der Waals surface area contributed by atoms with Gasteiger partial charge in [0.05, 0.1) is 12.7 Å². The fourth-order valence-electron chi connectivity index (χ4n) is 1.48. The molecule has 0 saturated carbocycles. The van der Waals surface area contributed by atoms with E-state index in [4.69, 9.17) is 4.74 Å². The van der Waals surface area contributed by atoms with E-state index in [1.165, 1.54) is 13.2 Å². The number of nitrogens with one attached hydrogen (secondary N) is 2. The molecule has 0 heterocycles. The number of carbonyl (C=O) groups excluding carboxylic acids is 3. The van der Waals surface area contributed by atoms with Crippen LogP contribution in [0.5, 0.6) is 5.75 Å². The molecule has 120 valence electrons. The molecular weight excluding hydrogens is 288 g/mol. The van der Waals surface area contributed by atoms with Crippen LogP contribution in [0.1, 0.15) is 24.2 Å². The van der Waals surface area contributed by atoms with Gasteiger partial charge in [-0.1, -0.05) is 19.9 Å². The third-order valence-corrected chi connectivity index (χ3v) is 2.55. The Balaban J connectivity index is 2.44. The summed E-state index contributed by atoms with van der Waals surface area (Å²) >= 11 is 0. The van der Waals surface area contributed by atoms with Crippen molar-refractivity contribution in [1.29, 1.82) is 0 Å². The number of hydrogen-bond donors (Lipinski definition) is 2. The Labute approximate surface area is 129 Å². The van der Waals surface area contributed by atoms with Gasteiger partial charge in [-0.15, -0.1) is 0 Å². The zero-order valence-corrected chi connectivity index (χ0v) is 12.8. The van der Waals surface area contributed by atoms with Gasteiger partial charge >= 0.3 is 12.0 Å². The van der Waals surface area contributed by atoms with Crippen molar-refractivity contribution >= 4 is 17.9 Å². The lowest BCUT2D eigenvalue weighted by atomic mass is 10.2. The average molecular weight is 308 g/mol. The van der Waals surface area contributed by atoms with Gasteiger partial charge in [0, 0.05) is 6.54 Å². The van der Waals surface area contributed by atoms with Crippen molar-refractivity contribution in [3.05, 3.63) is 29.8 Å².